The zero-order valence-electron chi connectivity index (χ0n) is 20.3. The van der Waals surface area contributed by atoms with Crippen LogP contribution in [-0.4, -0.2) is 64.5 Å². The Hall–Kier alpha value is -2.28. The Kier molecular flexibility index (Phi) is 6.74. The van der Waals surface area contributed by atoms with Gasteiger partial charge in [-0.15, -0.1) is 0 Å². The molecule has 182 valence electrons. The minimum Gasteiger partial charge on any atom is -0.377 e. The number of fused-ring (bicyclic) bond motifs is 1. The van der Waals surface area contributed by atoms with Crippen molar-refractivity contribution in [3.05, 3.63) is 30.6 Å². The Morgan fingerprint density at radius 2 is 2.00 bits per heavy atom. The van der Waals surface area contributed by atoms with Crippen molar-refractivity contribution in [2.45, 2.75) is 52.3 Å². The van der Waals surface area contributed by atoms with Crippen molar-refractivity contribution in [2.75, 3.05) is 43.6 Å². The van der Waals surface area contributed by atoms with Crippen LogP contribution in [0.3, 0.4) is 0 Å². The lowest BCUT2D eigenvalue weighted by Gasteiger charge is -2.35. The molecule has 0 aliphatic carbocycles. The van der Waals surface area contributed by atoms with Gasteiger partial charge in [0.25, 0.3) is 0 Å². The van der Waals surface area contributed by atoms with E-state index in [9.17, 15) is 4.57 Å². The maximum absolute atomic E-state index is 14.1. The average Bonchev–Trinajstić information content (AvgIpc) is 3.38. The summed E-state index contributed by atoms with van der Waals surface area (Å²) in [6.45, 7) is 8.99. The lowest BCUT2D eigenvalue weighted by atomic mass is 10.1. The summed E-state index contributed by atoms with van der Waals surface area (Å²) in [7, 11) is -2.58. The third-order valence-corrected chi connectivity index (χ3v) is 10.4. The summed E-state index contributed by atoms with van der Waals surface area (Å²) >= 11 is 0. The normalized spacial score (nSPS) is 21.8. The van der Waals surface area contributed by atoms with Gasteiger partial charge < -0.3 is 18.9 Å². The van der Waals surface area contributed by atoms with E-state index in [1.54, 1.807) is 12.4 Å². The number of nitrogens with zero attached hydrogens (tertiary/aromatic N) is 5. The highest BCUT2D eigenvalue weighted by Gasteiger charge is 2.29. The molecule has 5 rings (SSSR count). The third kappa shape index (κ3) is 4.16. The number of aromatic nitrogens is 4. The first-order valence-electron chi connectivity index (χ1n) is 12.4. The Morgan fingerprint density at radius 1 is 1.15 bits per heavy atom. The van der Waals surface area contributed by atoms with Gasteiger partial charge in [-0.3, -0.25) is 4.98 Å². The molecular weight excluding hydrogens is 449 g/mol. The van der Waals surface area contributed by atoms with E-state index < -0.39 is 7.14 Å². The fourth-order valence-corrected chi connectivity index (χ4v) is 7.17. The van der Waals surface area contributed by atoms with Gasteiger partial charge in [0, 0.05) is 48.6 Å². The first-order valence-corrected chi connectivity index (χ1v) is 14.5. The SMILES string of the molecule is CCP(=O)(CC)c1cc(N2CCOCC2C)nc2c(-c3ccnn3C3CCCCO3)nccc12. The van der Waals surface area contributed by atoms with Gasteiger partial charge in [0.1, 0.15) is 24.2 Å². The van der Waals surface area contributed by atoms with Crippen LogP contribution < -0.4 is 10.2 Å². The molecular formula is C25H34N5O3P. The van der Waals surface area contributed by atoms with Gasteiger partial charge in [0.05, 0.1) is 24.9 Å². The number of hydrogen-bond acceptors (Lipinski definition) is 7. The van der Waals surface area contributed by atoms with Gasteiger partial charge in [-0.1, -0.05) is 13.8 Å². The minimum atomic E-state index is -2.58. The maximum Gasteiger partial charge on any atom is 0.150 e. The summed E-state index contributed by atoms with van der Waals surface area (Å²) < 4.78 is 27.7. The number of rotatable bonds is 6. The van der Waals surface area contributed by atoms with Gasteiger partial charge in [0.15, 0.2) is 6.23 Å². The zero-order chi connectivity index (χ0) is 23.7. The molecule has 0 N–H and O–H groups in total. The van der Waals surface area contributed by atoms with Crippen molar-refractivity contribution in [3.8, 4) is 11.4 Å². The van der Waals surface area contributed by atoms with Gasteiger partial charge in [-0.2, -0.15) is 5.10 Å². The largest absolute Gasteiger partial charge is 0.377 e. The van der Waals surface area contributed by atoms with E-state index in [1.807, 2.05) is 30.7 Å². The predicted molar refractivity (Wildman–Crippen MR) is 136 cm³/mol. The van der Waals surface area contributed by atoms with Gasteiger partial charge in [-0.25, -0.2) is 9.67 Å². The minimum absolute atomic E-state index is 0.102. The molecule has 2 aliphatic heterocycles. The highest BCUT2D eigenvalue weighted by molar-refractivity contribution is 7.72. The number of morpholine rings is 1. The molecule has 3 aromatic heterocycles. The smallest absolute Gasteiger partial charge is 0.150 e. The van der Waals surface area contributed by atoms with E-state index in [0.29, 0.717) is 25.5 Å². The average molecular weight is 484 g/mol. The Bertz CT molecular complexity index is 1200. The molecule has 34 heavy (non-hydrogen) atoms. The second-order valence-electron chi connectivity index (χ2n) is 9.18. The second-order valence-corrected chi connectivity index (χ2v) is 12.7. The highest BCUT2D eigenvalue weighted by Crippen LogP contribution is 2.46. The van der Waals surface area contributed by atoms with Crippen molar-refractivity contribution in [1.29, 1.82) is 0 Å². The zero-order valence-corrected chi connectivity index (χ0v) is 21.2. The molecule has 8 nitrogen and oxygen atoms in total. The molecule has 2 saturated heterocycles. The van der Waals surface area contributed by atoms with Crippen molar-refractivity contribution in [1.82, 2.24) is 19.7 Å². The third-order valence-electron chi connectivity index (χ3n) is 7.16. The molecule has 3 aromatic rings. The Labute approximate surface area is 201 Å². The number of pyridine rings is 2. The van der Waals surface area contributed by atoms with Crippen molar-refractivity contribution >= 4 is 29.2 Å². The molecule has 0 bridgehead atoms. The Morgan fingerprint density at radius 3 is 2.74 bits per heavy atom. The lowest BCUT2D eigenvalue weighted by molar-refractivity contribution is -0.0383. The molecule has 0 spiro atoms. The van der Waals surface area contributed by atoms with Gasteiger partial charge in [0.2, 0.25) is 0 Å². The van der Waals surface area contributed by atoms with E-state index in [1.165, 1.54) is 0 Å². The lowest BCUT2D eigenvalue weighted by Crippen LogP contribution is -2.44. The quantitative estimate of drug-likeness (QED) is 0.479. The highest BCUT2D eigenvalue weighted by atomic mass is 31.2. The topological polar surface area (TPSA) is 82.4 Å². The van der Waals surface area contributed by atoms with Crippen LogP contribution >= 0.6 is 7.14 Å². The van der Waals surface area contributed by atoms with E-state index in [2.05, 4.69) is 23.0 Å². The predicted octanol–water partition coefficient (Wildman–Crippen LogP) is 4.45. The molecule has 2 aliphatic rings. The molecule has 5 heterocycles. The summed E-state index contributed by atoms with van der Waals surface area (Å²) in [5.41, 5.74) is 2.41. The van der Waals surface area contributed by atoms with Crippen molar-refractivity contribution in [3.63, 3.8) is 0 Å². The summed E-state index contributed by atoms with van der Waals surface area (Å²) in [5.74, 6) is 0.842. The molecule has 9 heteroatoms. The Balaban J connectivity index is 1.73. The fourth-order valence-electron chi connectivity index (χ4n) is 5.07. The van der Waals surface area contributed by atoms with Crippen LogP contribution in [0, 0.1) is 0 Å². The van der Waals surface area contributed by atoms with Crippen LogP contribution in [-0.2, 0) is 14.0 Å². The van der Waals surface area contributed by atoms with Crippen molar-refractivity contribution < 1.29 is 14.0 Å². The monoisotopic (exact) mass is 483 g/mol. The number of hydrogen-bond donors (Lipinski definition) is 0. The van der Waals surface area contributed by atoms with E-state index in [-0.39, 0.29) is 12.3 Å². The molecule has 2 atom stereocenters. The first kappa shape index (κ1) is 23.5. The first-order chi connectivity index (χ1) is 16.6. The number of anilines is 1. The van der Waals surface area contributed by atoms with Gasteiger partial charge >= 0.3 is 0 Å². The van der Waals surface area contributed by atoms with Gasteiger partial charge in [-0.05, 0) is 44.4 Å². The van der Waals surface area contributed by atoms with Crippen LogP contribution in [0.5, 0.6) is 0 Å². The summed E-state index contributed by atoms with van der Waals surface area (Å²) in [4.78, 5) is 12.2. The van der Waals surface area contributed by atoms with Crippen LogP contribution in [0.4, 0.5) is 5.82 Å². The van der Waals surface area contributed by atoms with Crippen LogP contribution in [0.2, 0.25) is 0 Å². The fraction of sp³-hybridized carbons (Fsp3) is 0.560. The molecule has 0 aromatic carbocycles. The summed E-state index contributed by atoms with van der Waals surface area (Å²) in [6.07, 6.45) is 7.85. The molecule has 2 fully saturated rings. The molecule has 2 unspecified atom stereocenters. The van der Waals surface area contributed by atoms with E-state index >= 15 is 0 Å². The van der Waals surface area contributed by atoms with Crippen molar-refractivity contribution in [2.24, 2.45) is 0 Å². The van der Waals surface area contributed by atoms with E-state index in [0.717, 1.165) is 65.8 Å². The van der Waals surface area contributed by atoms with Crippen LogP contribution in [0.25, 0.3) is 22.3 Å². The van der Waals surface area contributed by atoms with Crippen LogP contribution in [0.15, 0.2) is 30.6 Å². The second kappa shape index (κ2) is 9.76. The summed E-state index contributed by atoms with van der Waals surface area (Å²) in [5, 5.41) is 6.41. The van der Waals surface area contributed by atoms with Crippen LogP contribution in [0.1, 0.15) is 46.3 Å². The number of ether oxygens (including phenoxy) is 2. The summed E-state index contributed by atoms with van der Waals surface area (Å²) in [6, 6.07) is 6.19. The standard InChI is InChI=1S/C25H34N5O3P/c1-4-34(31,5-2)21-16-22(29-13-15-32-17-18(29)3)28-24-19(21)9-11-26-25(24)20-10-12-27-30(20)23-8-6-7-14-33-23/h9-12,16,18,23H,4-8,13-15,17H2,1-3H3. The van der Waals surface area contributed by atoms with E-state index in [4.69, 9.17) is 19.4 Å². The molecule has 0 radical (unpaired) electrons. The maximum atomic E-state index is 14.1. The molecule has 0 saturated carbocycles. The molecule has 0 amide bonds.